The highest BCUT2D eigenvalue weighted by Crippen LogP contribution is 2.56. The molecular weight excluding hydrogens is 232 g/mol. The van der Waals surface area contributed by atoms with Gasteiger partial charge in [0, 0.05) is 0 Å². The standard InChI is InChI=1S/C6H12S5/c1-3-5-7-8-6(4-2)10-11-9-5/h5-6H,3-4H2,1-2H3. The van der Waals surface area contributed by atoms with Gasteiger partial charge in [-0.1, -0.05) is 57.0 Å². The summed E-state index contributed by atoms with van der Waals surface area (Å²) < 4.78 is 1.60. The lowest BCUT2D eigenvalue weighted by Crippen LogP contribution is -1.89. The molecule has 0 aromatic heterocycles. The molecule has 0 radical (unpaired) electrons. The van der Waals surface area contributed by atoms with E-state index in [0.717, 1.165) is 9.16 Å². The zero-order valence-electron chi connectivity index (χ0n) is 6.61. The van der Waals surface area contributed by atoms with Crippen LogP contribution in [0, 0.1) is 0 Å². The molecule has 0 aromatic rings. The van der Waals surface area contributed by atoms with Crippen LogP contribution in [0.1, 0.15) is 26.7 Å². The predicted molar refractivity (Wildman–Crippen MR) is 66.1 cm³/mol. The normalized spacial score (nSPS) is 33.3. The van der Waals surface area contributed by atoms with Crippen LogP contribution in [0.25, 0.3) is 0 Å². The van der Waals surface area contributed by atoms with E-state index in [1.165, 1.54) is 12.8 Å². The average molecular weight is 244 g/mol. The summed E-state index contributed by atoms with van der Waals surface area (Å²) in [7, 11) is 10.1. The van der Waals surface area contributed by atoms with Gasteiger partial charge >= 0.3 is 0 Å². The maximum Gasteiger partial charge on any atom is 0.0715 e. The number of rotatable bonds is 2. The molecule has 2 unspecified atom stereocenters. The van der Waals surface area contributed by atoms with Gasteiger partial charge < -0.3 is 0 Å². The maximum absolute atomic E-state index is 2.27. The molecule has 11 heavy (non-hydrogen) atoms. The van der Waals surface area contributed by atoms with Crippen LogP contribution in [-0.4, -0.2) is 9.16 Å². The summed E-state index contributed by atoms with van der Waals surface area (Å²) in [6.45, 7) is 4.53. The molecule has 0 aromatic carbocycles. The monoisotopic (exact) mass is 244 g/mol. The van der Waals surface area contributed by atoms with E-state index < -0.39 is 0 Å². The Morgan fingerprint density at radius 1 is 0.818 bits per heavy atom. The molecule has 1 rings (SSSR count). The molecule has 2 atom stereocenters. The summed E-state index contributed by atoms with van der Waals surface area (Å²) in [5.41, 5.74) is 0. The first kappa shape index (κ1) is 10.8. The summed E-state index contributed by atoms with van der Waals surface area (Å²) in [6, 6.07) is 0. The van der Waals surface area contributed by atoms with Gasteiger partial charge in [-0.05, 0) is 22.7 Å². The highest BCUT2D eigenvalue weighted by molar-refractivity contribution is 9.13. The fourth-order valence-electron chi connectivity index (χ4n) is 0.538. The quantitative estimate of drug-likeness (QED) is 0.633. The van der Waals surface area contributed by atoms with Crippen LogP contribution in [0.3, 0.4) is 0 Å². The number of hydrogen-bond acceptors (Lipinski definition) is 5. The van der Waals surface area contributed by atoms with Crippen molar-refractivity contribution in [2.75, 3.05) is 0 Å². The lowest BCUT2D eigenvalue weighted by atomic mass is 10.6. The Morgan fingerprint density at radius 3 is 1.64 bits per heavy atom. The molecular formula is C6H12S5. The van der Waals surface area contributed by atoms with Crippen LogP contribution >= 0.6 is 53.0 Å². The van der Waals surface area contributed by atoms with E-state index in [-0.39, 0.29) is 0 Å². The lowest BCUT2D eigenvalue weighted by Gasteiger charge is -2.07. The highest BCUT2D eigenvalue weighted by Gasteiger charge is 2.19. The first-order valence-corrected chi connectivity index (χ1v) is 9.56. The third kappa shape index (κ3) is 3.98. The zero-order valence-corrected chi connectivity index (χ0v) is 10.7. The van der Waals surface area contributed by atoms with Crippen molar-refractivity contribution < 1.29 is 0 Å². The van der Waals surface area contributed by atoms with E-state index in [0.29, 0.717) is 0 Å². The molecule has 0 saturated carbocycles. The van der Waals surface area contributed by atoms with E-state index in [1.807, 2.05) is 31.4 Å². The van der Waals surface area contributed by atoms with Crippen molar-refractivity contribution in [3.63, 3.8) is 0 Å². The topological polar surface area (TPSA) is 0 Å². The van der Waals surface area contributed by atoms with Crippen molar-refractivity contribution in [2.45, 2.75) is 35.9 Å². The molecule has 0 nitrogen and oxygen atoms in total. The molecule has 1 heterocycles. The lowest BCUT2D eigenvalue weighted by molar-refractivity contribution is 1.06. The van der Waals surface area contributed by atoms with Crippen LogP contribution < -0.4 is 0 Å². The fourth-order valence-corrected chi connectivity index (χ4v) is 11.7. The smallest absolute Gasteiger partial charge is 0.0715 e. The first-order valence-electron chi connectivity index (χ1n) is 3.67. The van der Waals surface area contributed by atoms with Gasteiger partial charge in [0.05, 0.1) is 9.16 Å². The molecule has 1 aliphatic heterocycles. The van der Waals surface area contributed by atoms with Gasteiger partial charge in [-0.2, -0.15) is 0 Å². The van der Waals surface area contributed by atoms with E-state index >= 15 is 0 Å². The molecule has 1 fully saturated rings. The van der Waals surface area contributed by atoms with Gasteiger partial charge in [0.15, 0.2) is 0 Å². The molecule has 0 bridgehead atoms. The van der Waals surface area contributed by atoms with Gasteiger partial charge in [0.25, 0.3) is 0 Å². The Kier molecular flexibility index (Phi) is 6.14. The molecule has 0 amide bonds. The molecule has 0 N–H and O–H groups in total. The largest absolute Gasteiger partial charge is 0.0776 e. The van der Waals surface area contributed by atoms with E-state index in [1.54, 1.807) is 0 Å². The first-order chi connectivity index (χ1) is 5.36. The Hall–Kier alpha value is 1.75. The minimum atomic E-state index is 0.800. The average Bonchev–Trinajstić information content (AvgIpc) is 2.28. The van der Waals surface area contributed by atoms with Gasteiger partial charge in [-0.15, -0.1) is 0 Å². The van der Waals surface area contributed by atoms with Gasteiger partial charge in [0.2, 0.25) is 0 Å². The molecule has 1 saturated heterocycles. The van der Waals surface area contributed by atoms with Crippen LogP contribution in [0.5, 0.6) is 0 Å². The van der Waals surface area contributed by atoms with Gasteiger partial charge in [-0.25, -0.2) is 0 Å². The second-order valence-electron chi connectivity index (χ2n) is 2.13. The second kappa shape index (κ2) is 6.24. The molecule has 66 valence electrons. The predicted octanol–water partition coefficient (Wildman–Crippen LogP) is 4.88. The summed E-state index contributed by atoms with van der Waals surface area (Å²) in [4.78, 5) is 0. The summed E-state index contributed by atoms with van der Waals surface area (Å²) >= 11 is 0. The van der Waals surface area contributed by atoms with Crippen molar-refractivity contribution in [3.8, 4) is 0 Å². The van der Waals surface area contributed by atoms with Crippen molar-refractivity contribution in [1.82, 2.24) is 0 Å². The zero-order chi connectivity index (χ0) is 8.10. The van der Waals surface area contributed by atoms with Crippen LogP contribution in [0.2, 0.25) is 0 Å². The minimum Gasteiger partial charge on any atom is -0.0776 e. The highest BCUT2D eigenvalue weighted by atomic mass is 33.5. The molecule has 0 aliphatic carbocycles. The summed E-state index contributed by atoms with van der Waals surface area (Å²) in [6.07, 6.45) is 2.57. The molecule has 1 aliphatic rings. The van der Waals surface area contributed by atoms with E-state index in [4.69, 9.17) is 0 Å². The van der Waals surface area contributed by atoms with Gasteiger partial charge in [0.1, 0.15) is 0 Å². The van der Waals surface area contributed by atoms with Crippen LogP contribution in [-0.2, 0) is 0 Å². The number of hydrogen-bond donors (Lipinski definition) is 0. The van der Waals surface area contributed by atoms with Crippen molar-refractivity contribution in [1.29, 1.82) is 0 Å². The summed E-state index contributed by atoms with van der Waals surface area (Å²) in [5.74, 6) is 0. The molecule has 0 spiro atoms. The van der Waals surface area contributed by atoms with E-state index in [2.05, 4.69) is 35.4 Å². The van der Waals surface area contributed by atoms with Crippen LogP contribution in [0.4, 0.5) is 0 Å². The van der Waals surface area contributed by atoms with E-state index in [9.17, 15) is 0 Å². The SMILES string of the molecule is CCC1SSSC(CC)SS1. The van der Waals surface area contributed by atoms with Crippen LogP contribution in [0.15, 0.2) is 0 Å². The summed E-state index contributed by atoms with van der Waals surface area (Å²) in [5, 5.41) is 0. The third-order valence-electron chi connectivity index (χ3n) is 1.23. The van der Waals surface area contributed by atoms with Gasteiger partial charge in [-0.3, -0.25) is 0 Å². The third-order valence-corrected chi connectivity index (χ3v) is 11.3. The molecule has 5 heteroatoms. The van der Waals surface area contributed by atoms with Crippen molar-refractivity contribution in [2.24, 2.45) is 0 Å². The Morgan fingerprint density at radius 2 is 1.27 bits per heavy atom. The Balaban J connectivity index is 2.27. The van der Waals surface area contributed by atoms with Crippen molar-refractivity contribution in [3.05, 3.63) is 0 Å². The minimum absolute atomic E-state index is 0.800. The Bertz CT molecular complexity index is 95.1. The second-order valence-corrected chi connectivity index (χ2v) is 9.85. The van der Waals surface area contributed by atoms with Crippen molar-refractivity contribution >= 4 is 53.0 Å². The maximum atomic E-state index is 2.27. The Labute approximate surface area is 88.4 Å². The fraction of sp³-hybridized carbons (Fsp3) is 1.00.